The van der Waals surface area contributed by atoms with Crippen LogP contribution in [0.25, 0.3) is 0 Å². The van der Waals surface area contributed by atoms with Crippen molar-refractivity contribution in [2.75, 3.05) is 29.9 Å². The topological polar surface area (TPSA) is 56.9 Å². The minimum atomic E-state index is -0.408. The zero-order valence-electron chi connectivity index (χ0n) is 12.8. The van der Waals surface area contributed by atoms with Crippen LogP contribution in [-0.2, 0) is 6.54 Å². The average Bonchev–Trinajstić information content (AvgIpc) is 2.61. The van der Waals surface area contributed by atoms with Crippen molar-refractivity contribution in [3.63, 3.8) is 0 Å². The Morgan fingerprint density at radius 3 is 2.73 bits per heavy atom. The molecule has 1 aromatic carbocycles. The molecule has 5 nitrogen and oxygen atoms in total. The van der Waals surface area contributed by atoms with Crippen molar-refractivity contribution in [1.82, 2.24) is 0 Å². The monoisotopic (exact) mass is 300 g/mol. The van der Waals surface area contributed by atoms with Crippen molar-refractivity contribution in [2.24, 2.45) is 5.92 Å². The molecule has 0 saturated heterocycles. The van der Waals surface area contributed by atoms with E-state index >= 15 is 0 Å². The number of para-hydroxylation sites is 2. The number of hydrogen-bond donors (Lipinski definition) is 1. The standard InChI is InChI=1S/C17H20N2O3/c1-12-8-18(2)14-5-3-4-6-15(14)19(9-12)10-13-7-16(20)17(21)11-22-13/h3-7,11-12,21H,8-10H2,1-2H3/t12-/m0/s1. The second-order valence-electron chi connectivity index (χ2n) is 5.95. The summed E-state index contributed by atoms with van der Waals surface area (Å²) >= 11 is 0. The molecule has 0 amide bonds. The van der Waals surface area contributed by atoms with Gasteiger partial charge in [0.15, 0.2) is 5.75 Å². The van der Waals surface area contributed by atoms with Gasteiger partial charge in [-0.1, -0.05) is 19.1 Å². The van der Waals surface area contributed by atoms with Gasteiger partial charge in [0.25, 0.3) is 0 Å². The summed E-state index contributed by atoms with van der Waals surface area (Å²) in [6.07, 6.45) is 1.11. The van der Waals surface area contributed by atoms with Crippen molar-refractivity contribution in [1.29, 1.82) is 0 Å². The first-order valence-corrected chi connectivity index (χ1v) is 7.40. The molecule has 0 bridgehead atoms. The first-order chi connectivity index (χ1) is 10.5. The third kappa shape index (κ3) is 2.79. The predicted molar refractivity (Wildman–Crippen MR) is 86.6 cm³/mol. The predicted octanol–water partition coefficient (Wildman–Crippen LogP) is 2.44. The van der Waals surface area contributed by atoms with Crippen LogP contribution in [0.1, 0.15) is 12.7 Å². The van der Waals surface area contributed by atoms with Crippen LogP contribution < -0.4 is 15.2 Å². The van der Waals surface area contributed by atoms with Crippen molar-refractivity contribution < 1.29 is 9.52 Å². The molecule has 116 valence electrons. The molecule has 0 aliphatic carbocycles. The summed E-state index contributed by atoms with van der Waals surface area (Å²) in [5, 5.41) is 9.30. The van der Waals surface area contributed by atoms with Gasteiger partial charge in [-0.3, -0.25) is 4.79 Å². The van der Waals surface area contributed by atoms with Gasteiger partial charge in [0.1, 0.15) is 12.0 Å². The van der Waals surface area contributed by atoms with E-state index in [1.165, 1.54) is 11.8 Å². The summed E-state index contributed by atoms with van der Waals surface area (Å²) in [5.74, 6) is 0.684. The Bertz CT molecular complexity index is 726. The minimum absolute atomic E-state index is 0.354. The molecule has 0 spiro atoms. The third-order valence-corrected chi connectivity index (χ3v) is 3.96. The number of fused-ring (bicyclic) bond motifs is 1. The van der Waals surface area contributed by atoms with Gasteiger partial charge in [-0.05, 0) is 18.1 Å². The van der Waals surface area contributed by atoms with E-state index in [1.807, 2.05) is 12.1 Å². The van der Waals surface area contributed by atoms with Gasteiger partial charge >= 0.3 is 0 Å². The molecule has 1 aromatic heterocycles. The highest BCUT2D eigenvalue weighted by atomic mass is 16.4. The molecule has 2 heterocycles. The lowest BCUT2D eigenvalue weighted by atomic mass is 10.1. The van der Waals surface area contributed by atoms with Crippen LogP contribution in [0.2, 0.25) is 0 Å². The second kappa shape index (κ2) is 5.75. The lowest BCUT2D eigenvalue weighted by Gasteiger charge is -2.25. The van der Waals surface area contributed by atoms with Gasteiger partial charge < -0.3 is 19.3 Å². The Hall–Kier alpha value is -2.43. The summed E-state index contributed by atoms with van der Waals surface area (Å²) in [6.45, 7) is 4.58. The number of benzene rings is 1. The smallest absolute Gasteiger partial charge is 0.226 e. The fraction of sp³-hybridized carbons (Fsp3) is 0.353. The maximum absolute atomic E-state index is 11.6. The van der Waals surface area contributed by atoms with Gasteiger partial charge in [-0.15, -0.1) is 0 Å². The highest BCUT2D eigenvalue weighted by molar-refractivity contribution is 5.71. The van der Waals surface area contributed by atoms with E-state index in [0.29, 0.717) is 18.2 Å². The van der Waals surface area contributed by atoms with Crippen molar-refractivity contribution in [3.05, 3.63) is 52.6 Å². The molecular weight excluding hydrogens is 280 g/mol. The van der Waals surface area contributed by atoms with Crippen molar-refractivity contribution in [2.45, 2.75) is 13.5 Å². The Kier molecular flexibility index (Phi) is 3.79. The van der Waals surface area contributed by atoms with Crippen molar-refractivity contribution in [3.8, 4) is 5.75 Å². The minimum Gasteiger partial charge on any atom is -0.502 e. The zero-order valence-corrected chi connectivity index (χ0v) is 12.8. The number of anilines is 2. The van der Waals surface area contributed by atoms with Gasteiger partial charge in [0.2, 0.25) is 5.43 Å². The Labute approximate surface area is 129 Å². The molecular formula is C17H20N2O3. The van der Waals surface area contributed by atoms with E-state index in [0.717, 1.165) is 25.0 Å². The highest BCUT2D eigenvalue weighted by Gasteiger charge is 2.22. The van der Waals surface area contributed by atoms with E-state index < -0.39 is 5.43 Å². The van der Waals surface area contributed by atoms with E-state index in [-0.39, 0.29) is 5.75 Å². The van der Waals surface area contributed by atoms with Crippen LogP contribution in [0.4, 0.5) is 11.4 Å². The molecule has 1 N–H and O–H groups in total. The van der Waals surface area contributed by atoms with E-state index in [2.05, 4.69) is 35.9 Å². The maximum Gasteiger partial charge on any atom is 0.226 e. The number of rotatable bonds is 2. The number of aromatic hydroxyl groups is 1. The fourth-order valence-corrected chi connectivity index (χ4v) is 3.02. The van der Waals surface area contributed by atoms with Crippen LogP contribution in [0.15, 0.2) is 45.8 Å². The van der Waals surface area contributed by atoms with Crippen molar-refractivity contribution >= 4 is 11.4 Å². The normalized spacial score (nSPS) is 18.0. The molecule has 1 aliphatic heterocycles. The summed E-state index contributed by atoms with van der Waals surface area (Å²) in [6, 6.07) is 9.60. The van der Waals surface area contributed by atoms with Gasteiger partial charge in [-0.25, -0.2) is 0 Å². The summed E-state index contributed by atoms with van der Waals surface area (Å²) in [7, 11) is 2.10. The SMILES string of the molecule is C[C@H]1CN(C)c2ccccc2N(Cc2cc(=O)c(O)co2)C1. The summed E-state index contributed by atoms with van der Waals surface area (Å²) in [5.41, 5.74) is 1.90. The highest BCUT2D eigenvalue weighted by Crippen LogP contribution is 2.33. The summed E-state index contributed by atoms with van der Waals surface area (Å²) in [4.78, 5) is 16.1. The maximum atomic E-state index is 11.6. The fourth-order valence-electron chi connectivity index (χ4n) is 3.02. The first kappa shape index (κ1) is 14.5. The summed E-state index contributed by atoms with van der Waals surface area (Å²) < 4.78 is 5.35. The average molecular weight is 300 g/mol. The van der Waals surface area contributed by atoms with Gasteiger partial charge in [0, 0.05) is 26.2 Å². The van der Waals surface area contributed by atoms with E-state index in [4.69, 9.17) is 4.42 Å². The lowest BCUT2D eigenvalue weighted by molar-refractivity contribution is 0.409. The first-order valence-electron chi connectivity index (χ1n) is 7.40. The molecule has 1 aliphatic rings. The zero-order chi connectivity index (χ0) is 15.7. The Morgan fingerprint density at radius 2 is 2.00 bits per heavy atom. The molecule has 0 unspecified atom stereocenters. The van der Waals surface area contributed by atoms with E-state index in [1.54, 1.807) is 0 Å². The van der Waals surface area contributed by atoms with Crippen LogP contribution in [-0.4, -0.2) is 25.2 Å². The molecule has 22 heavy (non-hydrogen) atoms. The lowest BCUT2D eigenvalue weighted by Crippen LogP contribution is -2.29. The van der Waals surface area contributed by atoms with Crippen LogP contribution >= 0.6 is 0 Å². The second-order valence-corrected chi connectivity index (χ2v) is 5.95. The molecule has 2 aromatic rings. The third-order valence-electron chi connectivity index (χ3n) is 3.96. The molecule has 0 radical (unpaired) electrons. The Morgan fingerprint density at radius 1 is 1.27 bits per heavy atom. The van der Waals surface area contributed by atoms with Crippen LogP contribution in [0.3, 0.4) is 0 Å². The molecule has 0 saturated carbocycles. The largest absolute Gasteiger partial charge is 0.502 e. The molecule has 0 fully saturated rings. The quantitative estimate of drug-likeness (QED) is 0.923. The molecule has 1 atom stereocenters. The molecule has 3 rings (SSSR count). The van der Waals surface area contributed by atoms with Crippen LogP contribution in [0, 0.1) is 5.92 Å². The number of nitrogens with zero attached hydrogens (tertiary/aromatic N) is 2. The van der Waals surface area contributed by atoms with Gasteiger partial charge in [-0.2, -0.15) is 0 Å². The molecule has 5 heteroatoms. The Balaban J connectivity index is 1.95. The van der Waals surface area contributed by atoms with E-state index in [9.17, 15) is 9.90 Å². The van der Waals surface area contributed by atoms with Gasteiger partial charge in [0.05, 0.1) is 17.9 Å². The van der Waals surface area contributed by atoms with Crippen LogP contribution in [0.5, 0.6) is 5.75 Å². The number of hydrogen-bond acceptors (Lipinski definition) is 5.